The fourth-order valence-corrected chi connectivity index (χ4v) is 3.35. The Kier molecular flexibility index (Phi) is 5.95. The van der Waals surface area contributed by atoms with Gasteiger partial charge in [0.25, 0.3) is 11.4 Å². The second-order valence-corrected chi connectivity index (χ2v) is 6.93. The van der Waals surface area contributed by atoms with Gasteiger partial charge in [0.1, 0.15) is 22.6 Å². The van der Waals surface area contributed by atoms with Crippen LogP contribution < -0.4 is 9.47 Å². The molecule has 0 aliphatic rings. The molecule has 0 heterocycles. The summed E-state index contributed by atoms with van der Waals surface area (Å²) in [5, 5.41) is 23.2. The van der Waals surface area contributed by atoms with E-state index in [9.17, 15) is 29.8 Å². The molecule has 34 heavy (non-hydrogen) atoms. The van der Waals surface area contributed by atoms with Crippen molar-refractivity contribution in [1.82, 2.24) is 0 Å². The van der Waals surface area contributed by atoms with E-state index in [2.05, 4.69) is 0 Å². The van der Waals surface area contributed by atoms with E-state index in [4.69, 9.17) is 9.47 Å². The lowest BCUT2D eigenvalue weighted by molar-refractivity contribution is -0.385. The zero-order valence-electron chi connectivity index (χ0n) is 17.2. The molecule has 4 aromatic carbocycles. The maximum Gasteiger partial charge on any atom is 0.350 e. The van der Waals surface area contributed by atoms with Gasteiger partial charge >= 0.3 is 11.9 Å². The highest BCUT2D eigenvalue weighted by Gasteiger charge is 2.24. The summed E-state index contributed by atoms with van der Waals surface area (Å²) < 4.78 is 10.9. The Hall–Kier alpha value is -5.12. The third kappa shape index (κ3) is 4.28. The van der Waals surface area contributed by atoms with Crippen LogP contribution in [0.2, 0.25) is 0 Å². The number of fused-ring (bicyclic) bond motifs is 1. The van der Waals surface area contributed by atoms with E-state index in [1.54, 1.807) is 24.3 Å². The van der Waals surface area contributed by atoms with Crippen LogP contribution in [-0.2, 0) is 0 Å². The Morgan fingerprint density at radius 1 is 0.559 bits per heavy atom. The lowest BCUT2D eigenvalue weighted by Gasteiger charge is -2.11. The van der Waals surface area contributed by atoms with Crippen LogP contribution >= 0.6 is 0 Å². The maximum atomic E-state index is 12.7. The number of carbonyl (C=O) groups excluding carboxylic acids is 2. The molecule has 0 bridgehead atoms. The summed E-state index contributed by atoms with van der Waals surface area (Å²) in [6, 6.07) is 20.1. The van der Waals surface area contributed by atoms with E-state index in [1.807, 2.05) is 0 Å². The number of nitro benzene ring substituents is 2. The quantitative estimate of drug-likeness (QED) is 0.168. The number of hydrogen-bond donors (Lipinski definition) is 0. The molecule has 4 aromatic rings. The van der Waals surface area contributed by atoms with E-state index < -0.39 is 33.2 Å². The van der Waals surface area contributed by atoms with Crippen LogP contribution in [-0.4, -0.2) is 21.8 Å². The summed E-state index contributed by atoms with van der Waals surface area (Å²) in [6.07, 6.45) is 0. The zero-order chi connectivity index (χ0) is 24.2. The second kappa shape index (κ2) is 9.17. The van der Waals surface area contributed by atoms with Crippen LogP contribution in [0.25, 0.3) is 10.8 Å². The molecule has 0 atom stereocenters. The van der Waals surface area contributed by atoms with E-state index >= 15 is 0 Å². The van der Waals surface area contributed by atoms with Crippen molar-refractivity contribution < 1.29 is 28.9 Å². The summed E-state index contributed by atoms with van der Waals surface area (Å²) >= 11 is 0. The summed E-state index contributed by atoms with van der Waals surface area (Å²) in [5.41, 5.74) is -1.23. The summed E-state index contributed by atoms with van der Waals surface area (Å²) in [5.74, 6) is -1.68. The van der Waals surface area contributed by atoms with Crippen LogP contribution in [0.1, 0.15) is 20.7 Å². The first-order valence-corrected chi connectivity index (χ1v) is 9.79. The van der Waals surface area contributed by atoms with Crippen LogP contribution in [0, 0.1) is 20.2 Å². The molecule has 0 aliphatic heterocycles. The van der Waals surface area contributed by atoms with Gasteiger partial charge in [-0.15, -0.1) is 0 Å². The average Bonchev–Trinajstić information content (AvgIpc) is 2.84. The van der Waals surface area contributed by atoms with Gasteiger partial charge < -0.3 is 9.47 Å². The summed E-state index contributed by atoms with van der Waals surface area (Å²) in [7, 11) is 0. The highest BCUT2D eigenvalue weighted by Crippen LogP contribution is 2.34. The molecule has 0 fully saturated rings. The molecule has 168 valence electrons. The number of ether oxygens (including phenoxy) is 2. The number of esters is 2. The van der Waals surface area contributed by atoms with Gasteiger partial charge in [0.05, 0.1) is 9.85 Å². The molecule has 0 unspecified atom stereocenters. The minimum Gasteiger partial charge on any atom is -0.422 e. The molecule has 4 rings (SSSR count). The first-order valence-electron chi connectivity index (χ1n) is 9.79. The van der Waals surface area contributed by atoms with E-state index in [0.29, 0.717) is 10.8 Å². The summed E-state index contributed by atoms with van der Waals surface area (Å²) in [6.45, 7) is 0. The number of nitro groups is 2. The van der Waals surface area contributed by atoms with Gasteiger partial charge in [0.15, 0.2) is 0 Å². The Morgan fingerprint density at radius 2 is 0.941 bits per heavy atom. The van der Waals surface area contributed by atoms with Crippen molar-refractivity contribution >= 4 is 34.1 Å². The highest BCUT2D eigenvalue weighted by molar-refractivity contribution is 6.01. The Balaban J connectivity index is 1.67. The van der Waals surface area contributed by atoms with Crippen molar-refractivity contribution in [2.45, 2.75) is 0 Å². The number of rotatable bonds is 6. The fourth-order valence-electron chi connectivity index (χ4n) is 3.35. The molecule has 10 heteroatoms. The smallest absolute Gasteiger partial charge is 0.350 e. The molecule has 0 radical (unpaired) electrons. The third-order valence-corrected chi connectivity index (χ3v) is 4.89. The zero-order valence-corrected chi connectivity index (χ0v) is 17.2. The minimum absolute atomic E-state index is 0.0873. The Bertz CT molecular complexity index is 1350. The van der Waals surface area contributed by atoms with Crippen molar-refractivity contribution in [3.63, 3.8) is 0 Å². The minimum atomic E-state index is -0.929. The SMILES string of the molecule is O=C(Oc1cccc2c(OC(=O)c3ccccc3[N+](=O)[O-])cccc12)c1ccccc1[N+](=O)[O-]. The van der Waals surface area contributed by atoms with Gasteiger partial charge in [-0.1, -0.05) is 48.5 Å². The Labute approximate surface area is 191 Å². The van der Waals surface area contributed by atoms with E-state index in [-0.39, 0.29) is 22.6 Å². The van der Waals surface area contributed by atoms with Crippen LogP contribution in [0.5, 0.6) is 11.5 Å². The van der Waals surface area contributed by atoms with Crippen molar-refractivity contribution in [3.05, 3.63) is 116 Å². The molecular formula is C24H14N2O8. The number of carbonyl (C=O) groups is 2. The van der Waals surface area contributed by atoms with Crippen LogP contribution in [0.4, 0.5) is 11.4 Å². The van der Waals surface area contributed by atoms with Gasteiger partial charge in [-0.25, -0.2) is 9.59 Å². The van der Waals surface area contributed by atoms with Crippen LogP contribution in [0.3, 0.4) is 0 Å². The monoisotopic (exact) mass is 458 g/mol. The standard InChI is InChI=1S/C24H14N2O8/c27-23(17-7-1-3-11-19(17)25(29)30)33-21-13-5-10-16-15(21)9-6-14-22(16)34-24(28)18-8-2-4-12-20(18)26(31)32/h1-14H. The Morgan fingerprint density at radius 3 is 1.32 bits per heavy atom. The molecule has 0 spiro atoms. The molecule has 0 N–H and O–H groups in total. The first kappa shape index (κ1) is 22.1. The molecule has 0 aliphatic carbocycles. The van der Waals surface area contributed by atoms with Gasteiger partial charge in [-0.3, -0.25) is 20.2 Å². The fraction of sp³-hybridized carbons (Fsp3) is 0. The summed E-state index contributed by atoms with van der Waals surface area (Å²) in [4.78, 5) is 46.4. The lowest BCUT2D eigenvalue weighted by atomic mass is 10.1. The molecular weight excluding hydrogens is 444 g/mol. The van der Waals surface area contributed by atoms with Crippen molar-refractivity contribution in [2.24, 2.45) is 0 Å². The molecule has 10 nitrogen and oxygen atoms in total. The lowest BCUT2D eigenvalue weighted by Crippen LogP contribution is -2.12. The second-order valence-electron chi connectivity index (χ2n) is 6.93. The van der Waals surface area contributed by atoms with Crippen molar-refractivity contribution in [2.75, 3.05) is 0 Å². The number of nitrogens with zero attached hydrogens (tertiary/aromatic N) is 2. The van der Waals surface area contributed by atoms with Crippen LogP contribution in [0.15, 0.2) is 84.9 Å². The van der Waals surface area contributed by atoms with Gasteiger partial charge in [-0.05, 0) is 24.3 Å². The first-order chi connectivity index (χ1) is 16.4. The molecule has 0 saturated heterocycles. The normalized spacial score (nSPS) is 10.5. The largest absolute Gasteiger partial charge is 0.422 e. The predicted molar refractivity (Wildman–Crippen MR) is 120 cm³/mol. The number of para-hydroxylation sites is 2. The molecule has 0 amide bonds. The predicted octanol–water partition coefficient (Wildman–Crippen LogP) is 5.09. The van der Waals surface area contributed by atoms with Gasteiger partial charge in [0.2, 0.25) is 0 Å². The van der Waals surface area contributed by atoms with E-state index in [1.165, 1.54) is 60.7 Å². The number of hydrogen-bond acceptors (Lipinski definition) is 8. The molecule has 0 aromatic heterocycles. The third-order valence-electron chi connectivity index (χ3n) is 4.89. The van der Waals surface area contributed by atoms with Gasteiger partial charge in [0, 0.05) is 22.9 Å². The van der Waals surface area contributed by atoms with Crippen molar-refractivity contribution in [1.29, 1.82) is 0 Å². The highest BCUT2D eigenvalue weighted by atomic mass is 16.6. The maximum absolute atomic E-state index is 12.7. The molecule has 0 saturated carbocycles. The van der Waals surface area contributed by atoms with E-state index in [0.717, 1.165) is 0 Å². The van der Waals surface area contributed by atoms with Crippen molar-refractivity contribution in [3.8, 4) is 11.5 Å². The average molecular weight is 458 g/mol. The van der Waals surface area contributed by atoms with Gasteiger partial charge in [-0.2, -0.15) is 0 Å². The number of benzene rings is 4. The topological polar surface area (TPSA) is 139 Å².